The van der Waals surface area contributed by atoms with E-state index in [1.165, 1.54) is 31.4 Å². The third kappa shape index (κ3) is 4.06. The summed E-state index contributed by atoms with van der Waals surface area (Å²) in [5.74, 6) is -1.87. The predicted molar refractivity (Wildman–Crippen MR) is 124 cm³/mol. The smallest absolute Gasteiger partial charge is 0.335 e. The minimum Gasteiger partial charge on any atom is -0.496 e. The second kappa shape index (κ2) is 8.80. The zero-order valence-electron chi connectivity index (χ0n) is 17.3. The number of amides is 2. The highest BCUT2D eigenvalue weighted by molar-refractivity contribution is 7.80. The van der Waals surface area contributed by atoms with Crippen molar-refractivity contribution in [3.05, 3.63) is 59.2 Å². The Balaban J connectivity index is 1.70. The van der Waals surface area contributed by atoms with E-state index >= 15 is 0 Å². The molecule has 0 aliphatic carbocycles. The van der Waals surface area contributed by atoms with Gasteiger partial charge in [0.1, 0.15) is 11.3 Å². The van der Waals surface area contributed by atoms with Gasteiger partial charge in [-0.25, -0.2) is 4.79 Å². The van der Waals surface area contributed by atoms with Gasteiger partial charge >= 0.3 is 5.97 Å². The number of carbonyl (C=O) groups excluding carboxylic acids is 2. The van der Waals surface area contributed by atoms with Crippen LogP contribution in [-0.4, -0.2) is 48.2 Å². The first kappa shape index (κ1) is 21.5. The highest BCUT2D eigenvalue weighted by atomic mass is 32.1. The molecular formula is C23H21N3O5S. The first-order valence-electron chi connectivity index (χ1n) is 10.1. The van der Waals surface area contributed by atoms with Crippen LogP contribution in [0.1, 0.15) is 28.8 Å². The lowest BCUT2D eigenvalue weighted by atomic mass is 10.0. The fourth-order valence-electron chi connectivity index (χ4n) is 3.82. The molecule has 2 aliphatic rings. The van der Waals surface area contributed by atoms with Gasteiger partial charge in [0.05, 0.1) is 18.4 Å². The predicted octanol–water partition coefficient (Wildman–Crippen LogP) is 2.82. The topological polar surface area (TPSA) is 99.2 Å². The van der Waals surface area contributed by atoms with Gasteiger partial charge in [-0.05, 0) is 61.5 Å². The Kier molecular flexibility index (Phi) is 5.91. The van der Waals surface area contributed by atoms with Crippen LogP contribution in [0.25, 0.3) is 6.08 Å². The standard InChI is InChI=1S/C23H21N3O5S/c1-31-19-13-16(25-9-2-3-10-25)8-7-14(19)12-18-20(27)24-23(32)26(21(18)28)17-6-4-5-15(11-17)22(29)30/h4-8,11-13H,2-3,9-10H2,1H3,(H,29,30)(H,24,27,32)/b18-12+. The van der Waals surface area contributed by atoms with Gasteiger partial charge in [0.2, 0.25) is 0 Å². The summed E-state index contributed by atoms with van der Waals surface area (Å²) >= 11 is 5.19. The Labute approximate surface area is 190 Å². The Morgan fingerprint density at radius 1 is 1.12 bits per heavy atom. The SMILES string of the molecule is COc1cc(N2CCCC2)ccc1/C=C1\C(=O)NC(=S)N(c2cccc(C(=O)O)c2)C1=O. The van der Waals surface area contributed by atoms with Crippen molar-refractivity contribution in [3.63, 3.8) is 0 Å². The highest BCUT2D eigenvalue weighted by Gasteiger charge is 2.35. The number of carboxylic acid groups (broad SMARTS) is 1. The normalized spacial score (nSPS) is 17.7. The van der Waals surface area contributed by atoms with E-state index < -0.39 is 17.8 Å². The molecule has 0 unspecified atom stereocenters. The number of thiocarbonyl (C=S) groups is 1. The van der Waals surface area contributed by atoms with Crippen LogP contribution in [-0.2, 0) is 9.59 Å². The molecule has 2 N–H and O–H groups in total. The lowest BCUT2D eigenvalue weighted by molar-refractivity contribution is -0.122. The lowest BCUT2D eigenvalue weighted by Crippen LogP contribution is -2.54. The van der Waals surface area contributed by atoms with Crippen molar-refractivity contribution >= 4 is 52.6 Å². The first-order chi connectivity index (χ1) is 15.4. The molecule has 2 amide bonds. The van der Waals surface area contributed by atoms with Crippen molar-refractivity contribution in [3.8, 4) is 5.75 Å². The summed E-state index contributed by atoms with van der Waals surface area (Å²) in [5, 5.41) is 11.6. The van der Waals surface area contributed by atoms with Crippen LogP contribution >= 0.6 is 12.2 Å². The molecule has 0 bridgehead atoms. The molecule has 8 nitrogen and oxygen atoms in total. The van der Waals surface area contributed by atoms with E-state index in [2.05, 4.69) is 10.2 Å². The minimum atomic E-state index is -1.13. The van der Waals surface area contributed by atoms with E-state index in [1.54, 1.807) is 6.07 Å². The monoisotopic (exact) mass is 451 g/mol. The molecule has 0 saturated carbocycles. The Morgan fingerprint density at radius 2 is 1.88 bits per heavy atom. The van der Waals surface area contributed by atoms with Crippen molar-refractivity contribution in [2.75, 3.05) is 30.0 Å². The van der Waals surface area contributed by atoms with E-state index in [0.29, 0.717) is 11.3 Å². The number of nitrogens with zero attached hydrogens (tertiary/aromatic N) is 2. The third-order valence-electron chi connectivity index (χ3n) is 5.44. The quantitative estimate of drug-likeness (QED) is 0.410. The van der Waals surface area contributed by atoms with Crippen LogP contribution < -0.4 is 19.9 Å². The van der Waals surface area contributed by atoms with Crippen LogP contribution in [0.2, 0.25) is 0 Å². The maximum absolute atomic E-state index is 13.2. The molecule has 9 heteroatoms. The Hall–Kier alpha value is -3.72. The number of carboxylic acids is 1. The van der Waals surface area contributed by atoms with Crippen molar-refractivity contribution in [2.45, 2.75) is 12.8 Å². The highest BCUT2D eigenvalue weighted by Crippen LogP contribution is 2.30. The molecule has 4 rings (SSSR count). The minimum absolute atomic E-state index is 0.000277. The van der Waals surface area contributed by atoms with Gasteiger partial charge in [-0.3, -0.25) is 19.8 Å². The molecule has 0 aromatic heterocycles. The van der Waals surface area contributed by atoms with Crippen LogP contribution in [0.5, 0.6) is 5.75 Å². The number of hydrogen-bond donors (Lipinski definition) is 2. The zero-order valence-corrected chi connectivity index (χ0v) is 18.1. The number of aromatic carboxylic acids is 1. The van der Waals surface area contributed by atoms with E-state index in [4.69, 9.17) is 17.0 Å². The van der Waals surface area contributed by atoms with Gasteiger partial charge in [0.25, 0.3) is 11.8 Å². The van der Waals surface area contributed by atoms with Gasteiger partial charge in [-0.15, -0.1) is 0 Å². The molecule has 0 atom stereocenters. The summed E-state index contributed by atoms with van der Waals surface area (Å²) in [6.07, 6.45) is 3.74. The number of carbonyl (C=O) groups is 3. The van der Waals surface area contributed by atoms with Gasteiger partial charge in [-0.2, -0.15) is 0 Å². The number of rotatable bonds is 5. The van der Waals surface area contributed by atoms with Crippen LogP contribution in [0.4, 0.5) is 11.4 Å². The fraction of sp³-hybridized carbons (Fsp3) is 0.217. The molecule has 2 aromatic carbocycles. The molecule has 2 fully saturated rings. The molecule has 0 spiro atoms. The van der Waals surface area contributed by atoms with Crippen LogP contribution in [0, 0.1) is 0 Å². The maximum atomic E-state index is 13.2. The average molecular weight is 452 g/mol. The summed E-state index contributed by atoms with van der Waals surface area (Å²) in [6.45, 7) is 1.96. The van der Waals surface area contributed by atoms with Crippen LogP contribution in [0.3, 0.4) is 0 Å². The molecule has 32 heavy (non-hydrogen) atoms. The third-order valence-corrected chi connectivity index (χ3v) is 5.73. The summed E-state index contributed by atoms with van der Waals surface area (Å²) in [4.78, 5) is 40.5. The van der Waals surface area contributed by atoms with Crippen molar-refractivity contribution in [2.24, 2.45) is 0 Å². The number of anilines is 2. The average Bonchev–Trinajstić information content (AvgIpc) is 3.31. The molecule has 2 saturated heterocycles. The number of benzene rings is 2. The molecule has 2 aromatic rings. The van der Waals surface area contributed by atoms with E-state index in [0.717, 1.165) is 36.5 Å². The summed E-state index contributed by atoms with van der Waals surface area (Å²) in [5.41, 5.74) is 1.71. The van der Waals surface area contributed by atoms with E-state index in [9.17, 15) is 19.5 Å². The van der Waals surface area contributed by atoms with Crippen LogP contribution in [0.15, 0.2) is 48.0 Å². The Morgan fingerprint density at radius 3 is 2.56 bits per heavy atom. The number of nitrogens with one attached hydrogen (secondary N) is 1. The Bertz CT molecular complexity index is 1150. The van der Waals surface area contributed by atoms with Gasteiger partial charge in [0, 0.05) is 30.4 Å². The second-order valence-electron chi connectivity index (χ2n) is 7.43. The second-order valence-corrected chi connectivity index (χ2v) is 7.82. The molecule has 164 valence electrons. The van der Waals surface area contributed by atoms with Crippen molar-refractivity contribution in [1.29, 1.82) is 0 Å². The molecule has 2 aliphatic heterocycles. The fourth-order valence-corrected chi connectivity index (χ4v) is 4.10. The summed E-state index contributed by atoms with van der Waals surface area (Å²) in [6, 6.07) is 11.4. The first-order valence-corrected chi connectivity index (χ1v) is 10.5. The number of hydrogen-bond acceptors (Lipinski definition) is 6. The van der Waals surface area contributed by atoms with Gasteiger partial charge in [-0.1, -0.05) is 6.07 Å². The molecular weight excluding hydrogens is 430 g/mol. The van der Waals surface area contributed by atoms with Crippen molar-refractivity contribution in [1.82, 2.24) is 5.32 Å². The zero-order chi connectivity index (χ0) is 22.8. The van der Waals surface area contributed by atoms with E-state index in [1.807, 2.05) is 18.2 Å². The molecule has 2 heterocycles. The van der Waals surface area contributed by atoms with E-state index in [-0.39, 0.29) is 21.9 Å². The summed E-state index contributed by atoms with van der Waals surface area (Å²) < 4.78 is 5.51. The maximum Gasteiger partial charge on any atom is 0.335 e. The summed E-state index contributed by atoms with van der Waals surface area (Å²) in [7, 11) is 1.53. The lowest BCUT2D eigenvalue weighted by Gasteiger charge is -2.29. The number of ether oxygens (including phenoxy) is 1. The largest absolute Gasteiger partial charge is 0.496 e. The number of methoxy groups -OCH3 is 1. The van der Waals surface area contributed by atoms with Gasteiger partial charge in [0.15, 0.2) is 5.11 Å². The van der Waals surface area contributed by atoms with Gasteiger partial charge < -0.3 is 14.7 Å². The molecule has 0 radical (unpaired) electrons. The van der Waals surface area contributed by atoms with Crippen molar-refractivity contribution < 1.29 is 24.2 Å².